The van der Waals surface area contributed by atoms with E-state index in [4.69, 9.17) is 9.47 Å². The first kappa shape index (κ1) is 23.8. The number of H-pyrrole nitrogens is 1. The monoisotopic (exact) mass is 478 g/mol. The number of hydrazone groups is 1. The molecule has 0 fully saturated rings. The normalized spacial score (nSPS) is 12.2. The molecule has 0 aliphatic rings. The fourth-order valence-corrected chi connectivity index (χ4v) is 3.52. The lowest BCUT2D eigenvalue weighted by Crippen LogP contribution is -2.30. The maximum Gasteiger partial charge on any atom is 0.329 e. The maximum atomic E-state index is 12.6. The Hall–Kier alpha value is -4.38. The number of para-hydroxylation sites is 1. The molecule has 2 aromatic carbocycles. The van der Waals surface area contributed by atoms with Gasteiger partial charge in [0, 0.05) is 7.05 Å². The van der Waals surface area contributed by atoms with Gasteiger partial charge in [0.2, 0.25) is 5.95 Å². The summed E-state index contributed by atoms with van der Waals surface area (Å²) in [5.41, 5.74) is 3.63. The summed E-state index contributed by atoms with van der Waals surface area (Å²) >= 11 is 0. The van der Waals surface area contributed by atoms with E-state index in [2.05, 4.69) is 20.5 Å². The van der Waals surface area contributed by atoms with Crippen LogP contribution in [0.2, 0.25) is 0 Å². The van der Waals surface area contributed by atoms with Gasteiger partial charge in [-0.05, 0) is 48.4 Å². The van der Waals surface area contributed by atoms with Crippen LogP contribution in [0.1, 0.15) is 11.1 Å². The predicted octanol–water partition coefficient (Wildman–Crippen LogP) is 1.63. The molecule has 0 aliphatic heterocycles. The predicted molar refractivity (Wildman–Crippen MR) is 132 cm³/mol. The highest BCUT2D eigenvalue weighted by Gasteiger charge is 2.20. The zero-order valence-corrected chi connectivity index (χ0v) is 19.6. The molecular formula is C24H26N6O5. The first-order chi connectivity index (χ1) is 16.9. The van der Waals surface area contributed by atoms with Gasteiger partial charge in [0.25, 0.3) is 5.56 Å². The van der Waals surface area contributed by atoms with Crippen LogP contribution in [-0.4, -0.2) is 50.2 Å². The van der Waals surface area contributed by atoms with Gasteiger partial charge in [0.05, 0.1) is 19.9 Å². The molecule has 11 nitrogen and oxygen atoms in total. The number of aliphatic hydroxyl groups excluding tert-OH is 1. The number of imidazole rings is 1. The molecule has 0 radical (unpaired) electrons. The van der Waals surface area contributed by atoms with Crippen LogP contribution in [0.5, 0.6) is 11.5 Å². The third-order valence-electron chi connectivity index (χ3n) is 5.42. The van der Waals surface area contributed by atoms with Gasteiger partial charge in [-0.25, -0.2) is 10.2 Å². The van der Waals surface area contributed by atoms with Crippen molar-refractivity contribution in [3.8, 4) is 11.5 Å². The molecule has 182 valence electrons. The Labute approximate surface area is 200 Å². The third kappa shape index (κ3) is 5.25. The summed E-state index contributed by atoms with van der Waals surface area (Å²) in [7, 11) is 3.09. The van der Waals surface area contributed by atoms with Crippen molar-refractivity contribution in [1.29, 1.82) is 0 Å². The Bertz CT molecular complexity index is 1470. The molecule has 0 saturated carbocycles. The van der Waals surface area contributed by atoms with E-state index in [0.717, 1.165) is 16.9 Å². The molecule has 2 aromatic heterocycles. The van der Waals surface area contributed by atoms with Crippen LogP contribution in [-0.2, 0) is 13.6 Å². The fourth-order valence-electron chi connectivity index (χ4n) is 3.52. The molecule has 2 heterocycles. The van der Waals surface area contributed by atoms with Crippen molar-refractivity contribution in [3.05, 3.63) is 80.5 Å². The van der Waals surface area contributed by atoms with E-state index >= 15 is 0 Å². The van der Waals surface area contributed by atoms with Crippen molar-refractivity contribution >= 4 is 23.3 Å². The third-order valence-corrected chi connectivity index (χ3v) is 5.42. The minimum atomic E-state index is -0.977. The molecule has 3 N–H and O–H groups in total. The second-order valence-electron chi connectivity index (χ2n) is 7.91. The van der Waals surface area contributed by atoms with Crippen molar-refractivity contribution < 1.29 is 14.6 Å². The first-order valence-electron chi connectivity index (χ1n) is 10.9. The van der Waals surface area contributed by atoms with Gasteiger partial charge < -0.3 is 19.1 Å². The van der Waals surface area contributed by atoms with Crippen molar-refractivity contribution in [2.24, 2.45) is 12.1 Å². The molecule has 0 bridgehead atoms. The van der Waals surface area contributed by atoms with E-state index in [9.17, 15) is 14.7 Å². The molecule has 35 heavy (non-hydrogen) atoms. The van der Waals surface area contributed by atoms with Crippen LogP contribution in [0, 0.1) is 6.92 Å². The van der Waals surface area contributed by atoms with Crippen LogP contribution in [0.15, 0.2) is 63.2 Å². The summed E-state index contributed by atoms with van der Waals surface area (Å²) in [6, 6.07) is 14.7. The summed E-state index contributed by atoms with van der Waals surface area (Å²) in [6.07, 6.45) is 0.596. The average Bonchev–Trinajstić information content (AvgIpc) is 3.21. The number of aromatic nitrogens is 4. The number of rotatable bonds is 9. The van der Waals surface area contributed by atoms with Gasteiger partial charge in [0.15, 0.2) is 11.2 Å². The molecule has 4 aromatic rings. The van der Waals surface area contributed by atoms with Gasteiger partial charge in [-0.2, -0.15) is 10.1 Å². The zero-order chi connectivity index (χ0) is 24.9. The average molecular weight is 479 g/mol. The molecule has 0 aliphatic carbocycles. The minimum absolute atomic E-state index is 0.0112. The second-order valence-corrected chi connectivity index (χ2v) is 7.91. The fraction of sp³-hybridized carbons (Fsp3) is 0.250. The van der Waals surface area contributed by atoms with Crippen molar-refractivity contribution in [3.63, 3.8) is 0 Å². The number of aliphatic hydroxyl groups is 1. The van der Waals surface area contributed by atoms with Gasteiger partial charge in [-0.3, -0.25) is 14.3 Å². The number of hydrogen-bond acceptors (Lipinski definition) is 8. The number of nitrogens with one attached hydrogen (secondary N) is 2. The van der Waals surface area contributed by atoms with E-state index < -0.39 is 17.4 Å². The van der Waals surface area contributed by atoms with Crippen molar-refractivity contribution in [2.75, 3.05) is 19.1 Å². The van der Waals surface area contributed by atoms with Crippen LogP contribution < -0.4 is 26.1 Å². The second kappa shape index (κ2) is 10.3. The number of aromatic amines is 1. The lowest BCUT2D eigenvalue weighted by atomic mass is 10.2. The van der Waals surface area contributed by atoms with Gasteiger partial charge in [-0.15, -0.1) is 0 Å². The van der Waals surface area contributed by atoms with Gasteiger partial charge in [0.1, 0.15) is 24.2 Å². The van der Waals surface area contributed by atoms with E-state index in [-0.39, 0.29) is 30.3 Å². The molecule has 11 heteroatoms. The number of hydrogen-bond donors (Lipinski definition) is 3. The zero-order valence-electron chi connectivity index (χ0n) is 19.6. The first-order valence-corrected chi connectivity index (χ1v) is 10.9. The van der Waals surface area contributed by atoms with E-state index in [1.807, 2.05) is 43.3 Å². The van der Waals surface area contributed by atoms with Crippen molar-refractivity contribution in [1.82, 2.24) is 19.1 Å². The molecule has 0 spiro atoms. The molecule has 4 rings (SSSR count). The van der Waals surface area contributed by atoms with E-state index in [0.29, 0.717) is 5.75 Å². The Morgan fingerprint density at radius 1 is 1.20 bits per heavy atom. The Morgan fingerprint density at radius 2 is 1.94 bits per heavy atom. The largest absolute Gasteiger partial charge is 0.497 e. The van der Waals surface area contributed by atoms with Gasteiger partial charge in [-0.1, -0.05) is 18.2 Å². The number of anilines is 1. The molecule has 0 amide bonds. The summed E-state index contributed by atoms with van der Waals surface area (Å²) in [6.45, 7) is 1.88. The van der Waals surface area contributed by atoms with Crippen LogP contribution in [0.4, 0.5) is 5.95 Å². The van der Waals surface area contributed by atoms with E-state index in [1.165, 1.54) is 16.2 Å². The number of methoxy groups -OCH3 is 1. The molecule has 0 unspecified atom stereocenters. The van der Waals surface area contributed by atoms with Crippen LogP contribution in [0.25, 0.3) is 11.2 Å². The lowest BCUT2D eigenvalue weighted by molar-refractivity contribution is 0.0935. The molecule has 1 atom stereocenters. The van der Waals surface area contributed by atoms with Crippen LogP contribution in [0.3, 0.4) is 0 Å². The number of aryl methyl sites for hydroxylation is 2. The Kier molecular flexibility index (Phi) is 6.97. The standard InChI is InChI=1S/C24H26N6O5/c1-15-6-4-5-7-19(15)35-14-17(31)13-30-20-21(29(2)24(33)27-22(20)32)26-23(30)28-25-12-16-8-10-18(34-3)11-9-16/h4-12,17,31H,13-14H2,1-3H3,(H,26,28)(H,27,32,33)/b25-12-/t17-/m1/s1. The Balaban J connectivity index is 1.61. The highest BCUT2D eigenvalue weighted by molar-refractivity contribution is 5.80. The number of nitrogens with zero attached hydrogens (tertiary/aromatic N) is 4. The van der Waals surface area contributed by atoms with Gasteiger partial charge >= 0.3 is 5.69 Å². The number of benzene rings is 2. The quantitative estimate of drug-likeness (QED) is 0.246. The highest BCUT2D eigenvalue weighted by atomic mass is 16.5. The minimum Gasteiger partial charge on any atom is -0.497 e. The molecule has 0 saturated heterocycles. The summed E-state index contributed by atoms with van der Waals surface area (Å²) in [5, 5.41) is 14.9. The number of fused-ring (bicyclic) bond motifs is 1. The summed E-state index contributed by atoms with van der Waals surface area (Å²) in [4.78, 5) is 31.3. The number of ether oxygens (including phenoxy) is 2. The highest BCUT2D eigenvalue weighted by Crippen LogP contribution is 2.19. The summed E-state index contributed by atoms with van der Waals surface area (Å²) < 4.78 is 13.6. The maximum absolute atomic E-state index is 12.6. The topological polar surface area (TPSA) is 136 Å². The SMILES string of the molecule is COc1ccc(/C=N\Nc2nc3c(c(=O)[nH]c(=O)n3C)n2C[C@@H](O)COc2ccccc2C)cc1. The smallest absolute Gasteiger partial charge is 0.329 e. The van der Waals surface area contributed by atoms with Crippen LogP contribution >= 0.6 is 0 Å². The lowest BCUT2D eigenvalue weighted by Gasteiger charge is -2.16. The molecular weight excluding hydrogens is 452 g/mol. The Morgan fingerprint density at radius 3 is 2.66 bits per heavy atom. The van der Waals surface area contributed by atoms with Crippen molar-refractivity contribution in [2.45, 2.75) is 19.6 Å². The van der Waals surface area contributed by atoms with E-state index in [1.54, 1.807) is 25.5 Å². The summed E-state index contributed by atoms with van der Waals surface area (Å²) in [5.74, 6) is 1.56.